The molecule has 124 valence electrons. The van der Waals surface area contributed by atoms with Crippen LogP contribution in [-0.4, -0.2) is 29.5 Å². The molecular weight excluding hydrogens is 396 g/mol. The third kappa shape index (κ3) is 2.24. The van der Waals surface area contributed by atoms with Gasteiger partial charge in [-0.2, -0.15) is 10.2 Å². The van der Waals surface area contributed by atoms with Crippen LogP contribution in [0.25, 0.3) is 22.8 Å². The SMILES string of the molecule is CC(C)[C@@H]1Cn2nc(Br)c(Cl)c2-c2cc(=O)c(-c3ncn[nH]3)cn21. The van der Waals surface area contributed by atoms with Crippen LogP contribution >= 0.6 is 27.5 Å². The zero-order valence-electron chi connectivity index (χ0n) is 13.0. The maximum absolute atomic E-state index is 12.6. The van der Waals surface area contributed by atoms with Crippen molar-refractivity contribution in [1.29, 1.82) is 0 Å². The van der Waals surface area contributed by atoms with Gasteiger partial charge in [0, 0.05) is 12.3 Å². The van der Waals surface area contributed by atoms with Crippen molar-refractivity contribution < 1.29 is 0 Å². The minimum absolute atomic E-state index is 0.137. The lowest BCUT2D eigenvalue weighted by atomic mass is 10.00. The molecule has 1 aliphatic rings. The van der Waals surface area contributed by atoms with Crippen molar-refractivity contribution in [2.75, 3.05) is 0 Å². The Morgan fingerprint density at radius 1 is 1.46 bits per heavy atom. The van der Waals surface area contributed by atoms with Crippen LogP contribution in [0.4, 0.5) is 0 Å². The van der Waals surface area contributed by atoms with Gasteiger partial charge >= 0.3 is 0 Å². The number of H-pyrrole nitrogens is 1. The van der Waals surface area contributed by atoms with E-state index >= 15 is 0 Å². The number of pyridine rings is 1. The predicted octanol–water partition coefficient (Wildman–Crippen LogP) is 3.12. The second-order valence-corrected chi connectivity index (χ2v) is 7.25. The highest BCUT2D eigenvalue weighted by Crippen LogP contribution is 2.40. The monoisotopic (exact) mass is 408 g/mol. The van der Waals surface area contributed by atoms with E-state index in [1.165, 1.54) is 6.33 Å². The van der Waals surface area contributed by atoms with E-state index in [1.807, 2.05) is 10.9 Å². The highest BCUT2D eigenvalue weighted by atomic mass is 79.9. The second kappa shape index (κ2) is 5.56. The second-order valence-electron chi connectivity index (χ2n) is 6.12. The Labute approximate surface area is 150 Å². The van der Waals surface area contributed by atoms with Gasteiger partial charge in [0.2, 0.25) is 0 Å². The zero-order valence-corrected chi connectivity index (χ0v) is 15.3. The number of rotatable bonds is 2. The van der Waals surface area contributed by atoms with Crippen LogP contribution in [-0.2, 0) is 6.54 Å². The Morgan fingerprint density at radius 3 is 2.92 bits per heavy atom. The van der Waals surface area contributed by atoms with Crippen molar-refractivity contribution in [3.05, 3.63) is 38.4 Å². The smallest absolute Gasteiger partial charge is 0.193 e. The summed E-state index contributed by atoms with van der Waals surface area (Å²) in [4.78, 5) is 16.7. The molecule has 0 aromatic carbocycles. The Balaban J connectivity index is 2.01. The van der Waals surface area contributed by atoms with Gasteiger partial charge in [-0.1, -0.05) is 25.4 Å². The lowest BCUT2D eigenvalue weighted by Crippen LogP contribution is -2.29. The van der Waals surface area contributed by atoms with Crippen LogP contribution in [0, 0.1) is 5.92 Å². The molecule has 4 heterocycles. The summed E-state index contributed by atoms with van der Waals surface area (Å²) in [7, 11) is 0. The van der Waals surface area contributed by atoms with Crippen LogP contribution < -0.4 is 5.43 Å². The summed E-state index contributed by atoms with van der Waals surface area (Å²) in [6, 6.07) is 1.75. The molecule has 4 rings (SSSR count). The number of hydrogen-bond donors (Lipinski definition) is 1. The molecule has 1 atom stereocenters. The lowest BCUT2D eigenvalue weighted by Gasteiger charge is -2.32. The predicted molar refractivity (Wildman–Crippen MR) is 93.9 cm³/mol. The van der Waals surface area contributed by atoms with E-state index in [1.54, 1.807) is 6.07 Å². The molecule has 7 nitrogen and oxygen atoms in total. The molecule has 24 heavy (non-hydrogen) atoms. The Hall–Kier alpha value is -1.93. The van der Waals surface area contributed by atoms with Crippen LogP contribution in [0.15, 0.2) is 28.0 Å². The van der Waals surface area contributed by atoms with Gasteiger partial charge in [0.25, 0.3) is 0 Å². The van der Waals surface area contributed by atoms with E-state index in [0.717, 1.165) is 11.4 Å². The van der Waals surface area contributed by atoms with Crippen molar-refractivity contribution in [2.45, 2.75) is 26.4 Å². The molecule has 3 aromatic rings. The Bertz CT molecular complexity index is 975. The molecule has 1 aliphatic heterocycles. The number of nitrogens with one attached hydrogen (secondary N) is 1. The van der Waals surface area contributed by atoms with Crippen LogP contribution in [0.5, 0.6) is 0 Å². The maximum Gasteiger partial charge on any atom is 0.193 e. The van der Waals surface area contributed by atoms with Gasteiger partial charge in [-0.25, -0.2) is 4.98 Å². The highest BCUT2D eigenvalue weighted by Gasteiger charge is 2.31. The normalized spacial score (nSPS) is 16.3. The number of aromatic nitrogens is 6. The average Bonchev–Trinajstić information content (AvgIpc) is 3.15. The van der Waals surface area contributed by atoms with E-state index in [-0.39, 0.29) is 11.5 Å². The molecule has 0 spiro atoms. The zero-order chi connectivity index (χ0) is 17.0. The van der Waals surface area contributed by atoms with E-state index in [9.17, 15) is 4.79 Å². The van der Waals surface area contributed by atoms with Crippen molar-refractivity contribution in [3.8, 4) is 22.8 Å². The number of fused-ring (bicyclic) bond motifs is 3. The molecule has 0 fully saturated rings. The molecule has 9 heteroatoms. The third-order valence-electron chi connectivity index (χ3n) is 4.33. The molecule has 1 N–H and O–H groups in total. The topological polar surface area (TPSA) is 81.4 Å². The summed E-state index contributed by atoms with van der Waals surface area (Å²) in [5, 5.41) is 11.5. The first-order chi connectivity index (χ1) is 11.5. The quantitative estimate of drug-likeness (QED) is 0.705. The molecule has 0 bridgehead atoms. The Kier molecular flexibility index (Phi) is 3.61. The first-order valence-electron chi connectivity index (χ1n) is 7.51. The minimum Gasteiger partial charge on any atom is -0.340 e. The summed E-state index contributed by atoms with van der Waals surface area (Å²) < 4.78 is 4.54. The molecule has 0 saturated heterocycles. The largest absolute Gasteiger partial charge is 0.340 e. The van der Waals surface area contributed by atoms with Gasteiger partial charge in [-0.15, -0.1) is 0 Å². The fourth-order valence-corrected chi connectivity index (χ4v) is 3.72. The first kappa shape index (κ1) is 15.6. The molecule has 0 amide bonds. The van der Waals surface area contributed by atoms with Gasteiger partial charge in [-0.3, -0.25) is 14.6 Å². The van der Waals surface area contributed by atoms with Gasteiger partial charge < -0.3 is 4.57 Å². The molecule has 0 unspecified atom stereocenters. The van der Waals surface area contributed by atoms with Crippen LogP contribution in [0.3, 0.4) is 0 Å². The van der Waals surface area contributed by atoms with Crippen LogP contribution in [0.1, 0.15) is 19.9 Å². The van der Waals surface area contributed by atoms with Gasteiger partial charge in [0.15, 0.2) is 11.3 Å². The van der Waals surface area contributed by atoms with Gasteiger partial charge in [0.05, 0.1) is 23.8 Å². The van der Waals surface area contributed by atoms with Crippen molar-refractivity contribution in [2.24, 2.45) is 5.92 Å². The van der Waals surface area contributed by atoms with Crippen molar-refractivity contribution >= 4 is 27.5 Å². The molecule has 0 radical (unpaired) electrons. The summed E-state index contributed by atoms with van der Waals surface area (Å²) in [6.45, 7) is 4.97. The van der Waals surface area contributed by atoms with Crippen molar-refractivity contribution in [1.82, 2.24) is 29.5 Å². The fourth-order valence-electron chi connectivity index (χ4n) is 3.11. The average molecular weight is 410 g/mol. The van der Waals surface area contributed by atoms with E-state index in [0.29, 0.717) is 33.5 Å². The first-order valence-corrected chi connectivity index (χ1v) is 8.68. The minimum atomic E-state index is -0.137. The third-order valence-corrected chi connectivity index (χ3v) is 5.48. The van der Waals surface area contributed by atoms with E-state index in [2.05, 4.69) is 54.6 Å². The van der Waals surface area contributed by atoms with Crippen LogP contribution in [0.2, 0.25) is 5.02 Å². The summed E-state index contributed by atoms with van der Waals surface area (Å²) in [6.07, 6.45) is 3.23. The molecule has 3 aromatic heterocycles. The summed E-state index contributed by atoms with van der Waals surface area (Å²) in [5.41, 5.74) is 1.87. The molecule has 0 aliphatic carbocycles. The van der Waals surface area contributed by atoms with Gasteiger partial charge in [0.1, 0.15) is 21.6 Å². The van der Waals surface area contributed by atoms with Crippen molar-refractivity contribution in [3.63, 3.8) is 0 Å². The summed E-state index contributed by atoms with van der Waals surface area (Å²) >= 11 is 9.77. The molecule has 0 saturated carbocycles. The summed E-state index contributed by atoms with van der Waals surface area (Å²) in [5.74, 6) is 0.813. The number of halogens is 2. The van der Waals surface area contributed by atoms with E-state index < -0.39 is 0 Å². The highest BCUT2D eigenvalue weighted by molar-refractivity contribution is 9.10. The number of aromatic amines is 1. The maximum atomic E-state index is 12.6. The molecular formula is C15H14BrClN6O. The Morgan fingerprint density at radius 2 is 2.25 bits per heavy atom. The standard InChI is InChI=1S/C15H14BrClN6O/c1-7(2)10-5-23-13(12(17)14(16)21-23)9-3-11(24)8(4-22(9)10)15-18-6-19-20-15/h3-4,6-7,10H,5H2,1-2H3,(H,18,19,20)/t10-/m0/s1. The van der Waals surface area contributed by atoms with Gasteiger partial charge in [-0.05, 0) is 21.8 Å². The van der Waals surface area contributed by atoms with E-state index in [4.69, 9.17) is 11.6 Å². The fraction of sp³-hybridized carbons (Fsp3) is 0.333. The lowest BCUT2D eigenvalue weighted by molar-refractivity contribution is 0.306. The number of nitrogens with zero attached hydrogens (tertiary/aromatic N) is 5. The number of hydrogen-bond acceptors (Lipinski definition) is 4.